The van der Waals surface area contributed by atoms with Crippen LogP contribution in [0.3, 0.4) is 0 Å². The highest BCUT2D eigenvalue weighted by Crippen LogP contribution is 2.39. The standard InChI is InChI=1S/C23H25F3N2O/c1-16-6-5-10-27(11-9-16)14-17-12-19-20(21(13-17)23(24,25)26)15-28(22(19)29)18-7-3-2-4-8-18/h2-4,7-8,12-13,16H,5-6,9-11,14-15H2,1H3. The van der Waals surface area contributed by atoms with Crippen molar-refractivity contribution in [2.45, 2.75) is 45.5 Å². The number of carbonyl (C=O) groups is 1. The number of hydrogen-bond donors (Lipinski definition) is 0. The summed E-state index contributed by atoms with van der Waals surface area (Å²) < 4.78 is 41.5. The molecule has 1 amide bonds. The predicted molar refractivity (Wildman–Crippen MR) is 107 cm³/mol. The maximum absolute atomic E-state index is 13.8. The Labute approximate surface area is 169 Å². The van der Waals surface area contributed by atoms with Gasteiger partial charge in [0.05, 0.1) is 12.1 Å². The number of fused-ring (bicyclic) bond motifs is 1. The fraction of sp³-hybridized carbons (Fsp3) is 0.435. The van der Waals surface area contributed by atoms with Crippen molar-refractivity contribution in [2.24, 2.45) is 5.92 Å². The third kappa shape index (κ3) is 4.17. The van der Waals surface area contributed by atoms with Crippen LogP contribution in [-0.4, -0.2) is 23.9 Å². The molecule has 4 rings (SSSR count). The first-order valence-corrected chi connectivity index (χ1v) is 10.1. The third-order valence-electron chi connectivity index (χ3n) is 5.99. The summed E-state index contributed by atoms with van der Waals surface area (Å²) in [5, 5.41) is 0. The Hall–Kier alpha value is -2.34. The molecule has 0 saturated carbocycles. The lowest BCUT2D eigenvalue weighted by molar-refractivity contribution is -0.138. The number of amides is 1. The number of anilines is 1. The molecule has 1 atom stereocenters. The molecule has 0 radical (unpaired) electrons. The Morgan fingerprint density at radius 1 is 1.07 bits per heavy atom. The minimum atomic E-state index is -4.49. The fourth-order valence-electron chi connectivity index (χ4n) is 4.37. The highest BCUT2D eigenvalue weighted by molar-refractivity contribution is 6.10. The van der Waals surface area contributed by atoms with E-state index >= 15 is 0 Å². The second-order valence-corrected chi connectivity index (χ2v) is 8.21. The molecular formula is C23H25F3N2O. The number of hydrogen-bond acceptors (Lipinski definition) is 2. The molecule has 1 saturated heterocycles. The average molecular weight is 402 g/mol. The molecule has 2 heterocycles. The number of carbonyl (C=O) groups excluding carboxylic acids is 1. The zero-order valence-electron chi connectivity index (χ0n) is 16.5. The van der Waals surface area contributed by atoms with Gasteiger partial charge in [-0.1, -0.05) is 25.1 Å². The van der Waals surface area contributed by atoms with Crippen LogP contribution in [-0.2, 0) is 19.3 Å². The Balaban J connectivity index is 1.67. The molecule has 6 heteroatoms. The highest BCUT2D eigenvalue weighted by Gasteiger charge is 2.40. The van der Waals surface area contributed by atoms with E-state index in [4.69, 9.17) is 0 Å². The zero-order valence-corrected chi connectivity index (χ0v) is 16.5. The second-order valence-electron chi connectivity index (χ2n) is 8.21. The number of rotatable bonds is 3. The molecule has 0 aromatic heterocycles. The van der Waals surface area contributed by atoms with Gasteiger partial charge >= 0.3 is 6.18 Å². The van der Waals surface area contributed by atoms with E-state index in [1.165, 1.54) is 11.0 Å². The minimum absolute atomic E-state index is 0.0471. The largest absolute Gasteiger partial charge is 0.416 e. The number of alkyl halides is 3. The second kappa shape index (κ2) is 7.82. The molecule has 1 unspecified atom stereocenters. The van der Waals surface area contributed by atoms with E-state index in [9.17, 15) is 18.0 Å². The van der Waals surface area contributed by atoms with Crippen molar-refractivity contribution in [3.8, 4) is 0 Å². The molecule has 2 aromatic rings. The lowest BCUT2D eigenvalue weighted by Gasteiger charge is -2.21. The molecule has 2 aliphatic heterocycles. The summed E-state index contributed by atoms with van der Waals surface area (Å²) in [5.41, 5.74) is 0.764. The fourth-order valence-corrected chi connectivity index (χ4v) is 4.37. The number of likely N-dealkylation sites (tertiary alicyclic amines) is 1. The summed E-state index contributed by atoms with van der Waals surface area (Å²) in [6, 6.07) is 11.8. The Morgan fingerprint density at radius 3 is 2.55 bits per heavy atom. The molecule has 0 aliphatic carbocycles. The van der Waals surface area contributed by atoms with Crippen LogP contribution in [0.4, 0.5) is 18.9 Å². The van der Waals surface area contributed by atoms with Gasteiger partial charge in [-0.3, -0.25) is 9.69 Å². The summed E-state index contributed by atoms with van der Waals surface area (Å²) in [6.45, 7) is 4.38. The van der Waals surface area contributed by atoms with Gasteiger partial charge in [0.15, 0.2) is 0 Å². The van der Waals surface area contributed by atoms with E-state index in [0.29, 0.717) is 23.7 Å². The van der Waals surface area contributed by atoms with Crippen LogP contribution in [0.15, 0.2) is 42.5 Å². The van der Waals surface area contributed by atoms with Crippen LogP contribution in [0, 0.1) is 5.92 Å². The summed E-state index contributed by atoms with van der Waals surface area (Å²) in [5.74, 6) is 0.287. The number of benzene rings is 2. The van der Waals surface area contributed by atoms with Gasteiger partial charge in [-0.2, -0.15) is 13.2 Å². The van der Waals surface area contributed by atoms with Crippen molar-refractivity contribution in [2.75, 3.05) is 18.0 Å². The van der Waals surface area contributed by atoms with Crippen molar-refractivity contribution in [1.29, 1.82) is 0 Å². The van der Waals surface area contributed by atoms with E-state index in [-0.39, 0.29) is 23.6 Å². The number of nitrogens with zero attached hydrogens (tertiary/aromatic N) is 2. The van der Waals surface area contributed by atoms with E-state index in [0.717, 1.165) is 32.4 Å². The highest BCUT2D eigenvalue weighted by atomic mass is 19.4. The van der Waals surface area contributed by atoms with Gasteiger partial charge in [-0.25, -0.2) is 0 Å². The Morgan fingerprint density at radius 2 is 1.83 bits per heavy atom. The number of halogens is 3. The van der Waals surface area contributed by atoms with Crippen molar-refractivity contribution >= 4 is 11.6 Å². The van der Waals surface area contributed by atoms with Crippen LogP contribution < -0.4 is 4.90 Å². The normalized spacial score (nSPS) is 20.6. The molecule has 2 aromatic carbocycles. The topological polar surface area (TPSA) is 23.6 Å². The van der Waals surface area contributed by atoms with Crippen molar-refractivity contribution < 1.29 is 18.0 Å². The van der Waals surface area contributed by atoms with Crippen molar-refractivity contribution in [1.82, 2.24) is 4.90 Å². The van der Waals surface area contributed by atoms with Crippen LogP contribution in [0.5, 0.6) is 0 Å². The maximum atomic E-state index is 13.8. The lowest BCUT2D eigenvalue weighted by Crippen LogP contribution is -2.25. The molecule has 1 fully saturated rings. The number of para-hydroxylation sites is 1. The third-order valence-corrected chi connectivity index (χ3v) is 5.99. The summed E-state index contributed by atoms with van der Waals surface area (Å²) in [6.07, 6.45) is -1.23. The molecule has 0 spiro atoms. The lowest BCUT2D eigenvalue weighted by atomic mass is 9.98. The van der Waals surface area contributed by atoms with Gasteiger partial charge in [0.1, 0.15) is 0 Å². The molecule has 2 aliphatic rings. The minimum Gasteiger partial charge on any atom is -0.304 e. The molecular weight excluding hydrogens is 377 g/mol. The zero-order chi connectivity index (χ0) is 20.6. The van der Waals surface area contributed by atoms with Crippen LogP contribution in [0.1, 0.15) is 53.2 Å². The monoisotopic (exact) mass is 402 g/mol. The Kier molecular flexibility index (Phi) is 5.38. The average Bonchev–Trinajstić information content (AvgIpc) is 2.87. The first-order valence-electron chi connectivity index (χ1n) is 10.1. The van der Waals surface area contributed by atoms with Gasteiger partial charge in [-0.15, -0.1) is 0 Å². The SMILES string of the molecule is CC1CCCN(Cc2cc3c(c(C(F)(F)F)c2)CN(c2ccccc2)C3=O)CC1. The van der Waals surface area contributed by atoms with E-state index in [1.807, 2.05) is 6.07 Å². The van der Waals surface area contributed by atoms with E-state index in [1.54, 1.807) is 30.3 Å². The van der Waals surface area contributed by atoms with Gasteiger partial charge < -0.3 is 4.90 Å². The van der Waals surface area contributed by atoms with Gasteiger partial charge in [0.25, 0.3) is 5.91 Å². The first kappa shape index (κ1) is 20.0. The molecule has 154 valence electrons. The smallest absolute Gasteiger partial charge is 0.304 e. The van der Waals surface area contributed by atoms with Crippen LogP contribution in [0.2, 0.25) is 0 Å². The summed E-state index contributed by atoms with van der Waals surface area (Å²) >= 11 is 0. The molecule has 3 nitrogen and oxygen atoms in total. The van der Waals surface area contributed by atoms with Gasteiger partial charge in [-0.05, 0) is 73.7 Å². The van der Waals surface area contributed by atoms with Gasteiger partial charge in [0.2, 0.25) is 0 Å². The quantitative estimate of drug-likeness (QED) is 0.678. The van der Waals surface area contributed by atoms with E-state index in [2.05, 4.69) is 11.8 Å². The Bertz CT molecular complexity index is 895. The maximum Gasteiger partial charge on any atom is 0.416 e. The first-order chi connectivity index (χ1) is 13.8. The van der Waals surface area contributed by atoms with Crippen molar-refractivity contribution in [3.05, 3.63) is 64.7 Å². The van der Waals surface area contributed by atoms with Gasteiger partial charge in [0, 0.05) is 17.8 Å². The van der Waals surface area contributed by atoms with Crippen LogP contribution >= 0.6 is 0 Å². The van der Waals surface area contributed by atoms with Crippen LogP contribution in [0.25, 0.3) is 0 Å². The molecule has 0 bridgehead atoms. The van der Waals surface area contributed by atoms with Crippen molar-refractivity contribution in [3.63, 3.8) is 0 Å². The molecule has 0 N–H and O–H groups in total. The summed E-state index contributed by atoms with van der Waals surface area (Å²) in [4.78, 5) is 16.6. The predicted octanol–water partition coefficient (Wildman–Crippen LogP) is 5.49. The summed E-state index contributed by atoms with van der Waals surface area (Å²) in [7, 11) is 0. The van der Waals surface area contributed by atoms with E-state index < -0.39 is 11.7 Å². The molecule has 29 heavy (non-hydrogen) atoms.